The van der Waals surface area contributed by atoms with Crippen molar-refractivity contribution in [1.29, 1.82) is 0 Å². The fraction of sp³-hybridized carbons (Fsp3) is 0.125. The number of rotatable bonds is 6. The lowest BCUT2D eigenvalue weighted by molar-refractivity contribution is -0.385. The first-order chi connectivity index (χ1) is 18.2. The van der Waals surface area contributed by atoms with Gasteiger partial charge < -0.3 is 19.3 Å². The van der Waals surface area contributed by atoms with Crippen LogP contribution in [0.1, 0.15) is 29.7 Å². The maximum absolute atomic E-state index is 13.2. The molecule has 192 valence electrons. The molecule has 14 nitrogen and oxygen atoms in total. The lowest BCUT2D eigenvalue weighted by atomic mass is 9.87. The number of benzene rings is 2. The number of hydrogen-bond acceptors (Lipinski definition) is 11. The van der Waals surface area contributed by atoms with E-state index in [1.54, 1.807) is 6.92 Å². The summed E-state index contributed by atoms with van der Waals surface area (Å²) in [5.74, 6) is -1.82. The van der Waals surface area contributed by atoms with Gasteiger partial charge in [0.15, 0.2) is 0 Å². The lowest BCUT2D eigenvalue weighted by Crippen LogP contribution is -2.37. The van der Waals surface area contributed by atoms with Crippen molar-refractivity contribution < 1.29 is 28.2 Å². The highest BCUT2D eigenvalue weighted by atomic mass is 16.6. The second kappa shape index (κ2) is 9.16. The van der Waals surface area contributed by atoms with Gasteiger partial charge in [-0.3, -0.25) is 20.2 Å². The van der Waals surface area contributed by atoms with Crippen molar-refractivity contribution in [1.82, 2.24) is 9.55 Å². The molecule has 1 aliphatic heterocycles. The standard InChI is InChI=1S/C24H17N5O9/c1-2-36-23(31)18-17(13-5-9-15(10-6-13)29(34)35)19-21(38-24(25)26-19)27-16(22(30)37-20(18)27)11-12-3-7-14(8-4-12)28(32)33/h3-11,17H,2H2,1H3,(H2,25,26)/b16-11+/t17-/m0/s1. The number of nitro groups is 2. The predicted molar refractivity (Wildman–Crippen MR) is 130 cm³/mol. The number of nitrogens with two attached hydrogens (primary N) is 1. The Morgan fingerprint density at radius 1 is 1.08 bits per heavy atom. The summed E-state index contributed by atoms with van der Waals surface area (Å²) >= 11 is 0. The van der Waals surface area contributed by atoms with Crippen molar-refractivity contribution in [3.05, 3.63) is 107 Å². The first-order valence-electron chi connectivity index (χ1n) is 11.1. The molecule has 0 fully saturated rings. The Bertz CT molecular complexity index is 1780. The van der Waals surface area contributed by atoms with Crippen LogP contribution in [0.4, 0.5) is 17.4 Å². The number of carbonyl (C=O) groups is 1. The van der Waals surface area contributed by atoms with E-state index in [9.17, 15) is 29.8 Å². The summed E-state index contributed by atoms with van der Waals surface area (Å²) < 4.78 is 17.6. The molecule has 1 atom stereocenters. The van der Waals surface area contributed by atoms with Crippen LogP contribution < -0.4 is 22.3 Å². The van der Waals surface area contributed by atoms with E-state index in [1.807, 2.05) is 0 Å². The fourth-order valence-corrected chi connectivity index (χ4v) is 4.21. The van der Waals surface area contributed by atoms with Gasteiger partial charge in [-0.25, -0.2) is 14.2 Å². The number of aromatic nitrogens is 2. The van der Waals surface area contributed by atoms with Crippen LogP contribution in [0.5, 0.6) is 0 Å². The van der Waals surface area contributed by atoms with Crippen molar-refractivity contribution in [2.24, 2.45) is 0 Å². The van der Waals surface area contributed by atoms with Gasteiger partial charge in [-0.1, -0.05) is 12.1 Å². The Morgan fingerprint density at radius 3 is 2.26 bits per heavy atom. The number of esters is 1. The quantitative estimate of drug-likeness (QED) is 0.220. The van der Waals surface area contributed by atoms with Crippen LogP contribution in [0.2, 0.25) is 0 Å². The van der Waals surface area contributed by atoms with Crippen molar-refractivity contribution in [2.45, 2.75) is 12.8 Å². The Balaban J connectivity index is 1.82. The number of nitrogens with zero attached hydrogens (tertiary/aromatic N) is 4. The Morgan fingerprint density at radius 2 is 1.68 bits per heavy atom. The Hall–Kier alpha value is -5.53. The molecule has 0 aliphatic carbocycles. The average molecular weight is 519 g/mol. The van der Waals surface area contributed by atoms with Gasteiger partial charge >= 0.3 is 11.6 Å². The molecular weight excluding hydrogens is 502 g/mol. The van der Waals surface area contributed by atoms with E-state index >= 15 is 0 Å². The second-order valence-electron chi connectivity index (χ2n) is 8.07. The maximum Gasteiger partial charge on any atom is 0.362 e. The minimum Gasteiger partial charge on any atom is -0.462 e. The SMILES string of the molecule is CCOC(=O)C1=c2oc(=O)/c(=C\c3ccc([N+](=O)[O-])cc3)n2-c2oc(N)nc2[C@H]1c1ccc([N+](=O)[O-])cc1. The van der Waals surface area contributed by atoms with E-state index in [0.717, 1.165) is 0 Å². The van der Waals surface area contributed by atoms with E-state index in [2.05, 4.69) is 4.98 Å². The minimum absolute atomic E-state index is 0.00656. The monoisotopic (exact) mass is 519 g/mol. The molecule has 4 aromatic rings. The molecule has 14 heteroatoms. The van der Waals surface area contributed by atoms with Gasteiger partial charge in [0.05, 0.1) is 22.4 Å². The second-order valence-corrected chi connectivity index (χ2v) is 8.07. The lowest BCUT2D eigenvalue weighted by Gasteiger charge is -2.21. The number of hydrogen-bond donors (Lipinski definition) is 1. The topological polar surface area (TPSA) is 200 Å². The zero-order valence-corrected chi connectivity index (χ0v) is 19.5. The Kier molecular flexibility index (Phi) is 5.83. The fourth-order valence-electron chi connectivity index (χ4n) is 4.21. The van der Waals surface area contributed by atoms with Crippen molar-refractivity contribution >= 4 is 35.0 Å². The first-order valence-corrected chi connectivity index (χ1v) is 11.1. The predicted octanol–water partition coefficient (Wildman–Crippen LogP) is 1.51. The molecule has 0 saturated carbocycles. The third kappa shape index (κ3) is 3.99. The van der Waals surface area contributed by atoms with Crippen molar-refractivity contribution in [2.75, 3.05) is 12.3 Å². The van der Waals surface area contributed by atoms with Crippen LogP contribution >= 0.6 is 0 Å². The molecule has 0 saturated heterocycles. The maximum atomic E-state index is 13.2. The summed E-state index contributed by atoms with van der Waals surface area (Å²) in [6, 6.07) is 10.6. The number of anilines is 1. The Labute approximate surface area is 211 Å². The van der Waals surface area contributed by atoms with Gasteiger partial charge in [-0.15, -0.1) is 0 Å². The van der Waals surface area contributed by atoms with Crippen LogP contribution in [0.25, 0.3) is 17.5 Å². The molecule has 3 heterocycles. The van der Waals surface area contributed by atoms with Crippen LogP contribution in [-0.4, -0.2) is 32.0 Å². The highest BCUT2D eigenvalue weighted by molar-refractivity contribution is 6.12. The first kappa shape index (κ1) is 24.2. The van der Waals surface area contributed by atoms with Crippen LogP contribution in [-0.2, 0) is 9.53 Å². The number of fused-ring (bicyclic) bond motifs is 3. The van der Waals surface area contributed by atoms with E-state index in [1.165, 1.54) is 59.2 Å². The number of carbonyl (C=O) groups excluding carboxylic acids is 1. The number of nitro benzene ring substituents is 2. The largest absolute Gasteiger partial charge is 0.462 e. The summed E-state index contributed by atoms with van der Waals surface area (Å²) in [4.78, 5) is 51.5. The van der Waals surface area contributed by atoms with E-state index in [0.29, 0.717) is 11.1 Å². The summed E-state index contributed by atoms with van der Waals surface area (Å²) in [7, 11) is 0. The molecule has 0 amide bonds. The summed E-state index contributed by atoms with van der Waals surface area (Å²) in [5, 5.41) is 22.1. The molecular formula is C24H17N5O9. The number of oxazole rings is 2. The number of nitrogen functional groups attached to an aromatic ring is 1. The molecule has 0 radical (unpaired) electrons. The zero-order valence-electron chi connectivity index (χ0n) is 19.5. The zero-order chi connectivity index (χ0) is 27.1. The smallest absolute Gasteiger partial charge is 0.362 e. The molecule has 2 N–H and O–H groups in total. The van der Waals surface area contributed by atoms with Gasteiger partial charge in [0.2, 0.25) is 11.4 Å². The summed E-state index contributed by atoms with van der Waals surface area (Å²) in [5.41, 5.74) is 5.40. The third-order valence-electron chi connectivity index (χ3n) is 5.83. The molecule has 38 heavy (non-hydrogen) atoms. The molecule has 0 unspecified atom stereocenters. The van der Waals surface area contributed by atoms with E-state index in [-0.39, 0.29) is 52.0 Å². The van der Waals surface area contributed by atoms with Crippen LogP contribution in [0.15, 0.2) is 62.2 Å². The third-order valence-corrected chi connectivity index (χ3v) is 5.83. The molecule has 0 spiro atoms. The number of non-ortho nitro benzene ring substituents is 2. The van der Waals surface area contributed by atoms with Crippen LogP contribution in [0.3, 0.4) is 0 Å². The molecule has 5 rings (SSSR count). The van der Waals surface area contributed by atoms with Gasteiger partial charge in [-0.2, -0.15) is 4.98 Å². The number of ether oxygens (including phenoxy) is 1. The minimum atomic E-state index is -0.997. The van der Waals surface area contributed by atoms with E-state index < -0.39 is 27.4 Å². The average Bonchev–Trinajstić information content (AvgIpc) is 3.42. The van der Waals surface area contributed by atoms with Gasteiger partial charge in [0, 0.05) is 24.3 Å². The summed E-state index contributed by atoms with van der Waals surface area (Å²) in [6.07, 6.45) is 1.40. The highest BCUT2D eigenvalue weighted by Crippen LogP contribution is 2.39. The van der Waals surface area contributed by atoms with Gasteiger partial charge in [0.1, 0.15) is 16.6 Å². The van der Waals surface area contributed by atoms with E-state index in [4.69, 9.17) is 19.3 Å². The molecule has 1 aliphatic rings. The summed E-state index contributed by atoms with van der Waals surface area (Å²) in [6.45, 7) is 1.61. The van der Waals surface area contributed by atoms with Crippen molar-refractivity contribution in [3.63, 3.8) is 0 Å². The normalized spacial score (nSPS) is 14.6. The molecule has 2 aromatic carbocycles. The van der Waals surface area contributed by atoms with Crippen LogP contribution in [0, 0.1) is 20.2 Å². The highest BCUT2D eigenvalue weighted by Gasteiger charge is 2.39. The molecule has 2 aromatic heterocycles. The van der Waals surface area contributed by atoms with Gasteiger partial charge in [0.25, 0.3) is 17.4 Å². The van der Waals surface area contributed by atoms with Gasteiger partial charge in [-0.05, 0) is 36.3 Å². The van der Waals surface area contributed by atoms with Crippen molar-refractivity contribution in [3.8, 4) is 5.88 Å². The molecule has 0 bridgehead atoms.